The van der Waals surface area contributed by atoms with Gasteiger partial charge in [-0.05, 0) is 18.2 Å². The maximum atomic E-state index is 11.2. The van der Waals surface area contributed by atoms with Gasteiger partial charge in [0.2, 0.25) is 17.8 Å². The molecule has 0 unspecified atom stereocenters. The van der Waals surface area contributed by atoms with Crippen molar-refractivity contribution < 1.29 is 19.8 Å². The number of carbonyl (C=O) groups is 2. The third-order valence-corrected chi connectivity index (χ3v) is 3.17. The average molecular weight is 376 g/mol. The molecular formula is C15H20N8O4. The molecule has 2 aromatic rings. The molecule has 0 aliphatic rings. The number of anilines is 4. The van der Waals surface area contributed by atoms with Crippen LogP contribution in [0, 0.1) is 0 Å². The molecule has 1 aromatic heterocycles. The van der Waals surface area contributed by atoms with Gasteiger partial charge >= 0.3 is 11.9 Å². The summed E-state index contributed by atoms with van der Waals surface area (Å²) in [6.07, 6.45) is 0. The van der Waals surface area contributed by atoms with E-state index >= 15 is 0 Å². The maximum Gasteiger partial charge on any atom is 0.335 e. The lowest BCUT2D eigenvalue weighted by molar-refractivity contribution is 0.0696. The number of benzene rings is 1. The van der Waals surface area contributed by atoms with Crippen molar-refractivity contribution >= 4 is 35.5 Å². The fraction of sp³-hybridized carbons (Fsp3) is 0.267. The third kappa shape index (κ3) is 5.76. The van der Waals surface area contributed by atoms with Gasteiger partial charge < -0.3 is 37.6 Å². The monoisotopic (exact) mass is 376 g/mol. The molecule has 0 radical (unpaired) electrons. The van der Waals surface area contributed by atoms with Crippen molar-refractivity contribution in [2.75, 3.05) is 42.1 Å². The van der Waals surface area contributed by atoms with Crippen LogP contribution in [0.3, 0.4) is 0 Å². The number of hydrogen-bond acceptors (Lipinski definition) is 10. The van der Waals surface area contributed by atoms with Crippen LogP contribution in [0.2, 0.25) is 0 Å². The molecule has 0 amide bonds. The number of nitrogens with zero attached hydrogens (tertiary/aromatic N) is 3. The van der Waals surface area contributed by atoms with E-state index in [9.17, 15) is 9.59 Å². The van der Waals surface area contributed by atoms with E-state index < -0.39 is 11.9 Å². The second-order valence-electron chi connectivity index (χ2n) is 5.27. The van der Waals surface area contributed by atoms with Gasteiger partial charge in [-0.15, -0.1) is 0 Å². The number of nitrogens with one attached hydrogen (secondary N) is 3. The average Bonchev–Trinajstić information content (AvgIpc) is 2.64. The van der Waals surface area contributed by atoms with Crippen LogP contribution >= 0.6 is 0 Å². The zero-order valence-electron chi connectivity index (χ0n) is 14.3. The Kier molecular flexibility index (Phi) is 6.79. The second kappa shape index (κ2) is 9.26. The molecule has 0 fully saturated rings. The number of aromatic carboxylic acids is 2. The quantitative estimate of drug-likeness (QED) is 0.287. The third-order valence-electron chi connectivity index (χ3n) is 3.17. The van der Waals surface area contributed by atoms with Gasteiger partial charge in [-0.25, -0.2) is 9.59 Å². The molecule has 27 heavy (non-hydrogen) atoms. The summed E-state index contributed by atoms with van der Waals surface area (Å²) in [4.78, 5) is 34.9. The summed E-state index contributed by atoms with van der Waals surface area (Å²) in [5.41, 5.74) is 10.7. The second-order valence-corrected chi connectivity index (χ2v) is 5.27. The van der Waals surface area contributed by atoms with Gasteiger partial charge in [-0.2, -0.15) is 15.0 Å². The molecule has 2 rings (SSSR count). The van der Waals surface area contributed by atoms with Gasteiger partial charge in [-0.1, -0.05) is 0 Å². The van der Waals surface area contributed by atoms with Crippen LogP contribution in [0.25, 0.3) is 0 Å². The molecule has 0 bridgehead atoms. The Bertz CT molecular complexity index is 771. The van der Waals surface area contributed by atoms with Crippen molar-refractivity contribution in [3.05, 3.63) is 29.3 Å². The highest BCUT2D eigenvalue weighted by Gasteiger charge is 2.13. The van der Waals surface area contributed by atoms with Gasteiger partial charge in [0, 0.05) is 31.9 Å². The molecule has 12 nitrogen and oxygen atoms in total. The van der Waals surface area contributed by atoms with Crippen LogP contribution in [-0.2, 0) is 0 Å². The van der Waals surface area contributed by atoms with Crippen LogP contribution in [0.5, 0.6) is 0 Å². The van der Waals surface area contributed by atoms with Crippen molar-refractivity contribution in [3.8, 4) is 0 Å². The molecule has 0 atom stereocenters. The van der Waals surface area contributed by atoms with Crippen molar-refractivity contribution in [1.29, 1.82) is 0 Å². The normalized spacial score (nSPS) is 10.3. The topological polar surface area (TPSA) is 201 Å². The Morgan fingerprint density at radius 3 is 1.67 bits per heavy atom. The van der Waals surface area contributed by atoms with Crippen molar-refractivity contribution in [2.45, 2.75) is 0 Å². The highest BCUT2D eigenvalue weighted by atomic mass is 16.4. The molecule has 0 aliphatic carbocycles. The summed E-state index contributed by atoms with van der Waals surface area (Å²) in [5, 5.41) is 26.9. The van der Waals surface area contributed by atoms with Crippen LogP contribution < -0.4 is 27.4 Å². The number of aromatic nitrogens is 3. The highest BCUT2D eigenvalue weighted by Crippen LogP contribution is 2.20. The lowest BCUT2D eigenvalue weighted by atomic mass is 10.1. The SMILES string of the molecule is NCCNc1nc(NCCN)nc(Nc2cc(C(=O)O)cc(C(=O)O)c2)n1. The van der Waals surface area contributed by atoms with Gasteiger partial charge in [0.1, 0.15) is 0 Å². The minimum absolute atomic E-state index is 0.0860. The standard InChI is InChI=1S/C15H20N8O4/c16-1-3-18-13-21-14(19-4-2-17)23-15(22-13)20-10-6-8(11(24)25)5-9(7-10)12(26)27/h5-7H,1-4,16-17H2,(H,24,25)(H,26,27)(H3,18,19,20,21,22,23). The van der Waals surface area contributed by atoms with E-state index in [1.807, 2.05) is 0 Å². The number of carboxylic acids is 2. The highest BCUT2D eigenvalue weighted by molar-refractivity contribution is 5.95. The smallest absolute Gasteiger partial charge is 0.335 e. The molecule has 9 N–H and O–H groups in total. The predicted octanol–water partition coefficient (Wildman–Crippen LogP) is -0.247. The first-order valence-corrected chi connectivity index (χ1v) is 7.95. The Hall–Kier alpha value is -3.51. The van der Waals surface area contributed by atoms with Gasteiger partial charge in [0.15, 0.2) is 0 Å². The molecule has 12 heteroatoms. The molecular weight excluding hydrogens is 356 g/mol. The molecule has 0 saturated heterocycles. The van der Waals surface area contributed by atoms with Crippen LogP contribution in [-0.4, -0.2) is 63.3 Å². The van der Waals surface area contributed by atoms with E-state index in [4.69, 9.17) is 21.7 Å². The Morgan fingerprint density at radius 1 is 0.815 bits per heavy atom. The fourth-order valence-electron chi connectivity index (χ4n) is 2.03. The number of nitrogens with two attached hydrogens (primary N) is 2. The zero-order chi connectivity index (χ0) is 19.8. The van der Waals surface area contributed by atoms with Gasteiger partial charge in [0.25, 0.3) is 0 Å². The van der Waals surface area contributed by atoms with Crippen molar-refractivity contribution in [1.82, 2.24) is 15.0 Å². The first kappa shape index (κ1) is 19.8. The van der Waals surface area contributed by atoms with Crippen LogP contribution in [0.4, 0.5) is 23.5 Å². The zero-order valence-corrected chi connectivity index (χ0v) is 14.3. The van der Waals surface area contributed by atoms with E-state index in [1.54, 1.807) is 0 Å². The Labute approximate surface area is 154 Å². The minimum Gasteiger partial charge on any atom is -0.478 e. The van der Waals surface area contributed by atoms with Crippen LogP contribution in [0.1, 0.15) is 20.7 Å². The van der Waals surface area contributed by atoms with E-state index in [0.717, 1.165) is 6.07 Å². The molecule has 0 spiro atoms. The van der Waals surface area contributed by atoms with E-state index in [2.05, 4.69) is 30.9 Å². The molecule has 1 aromatic carbocycles. The first-order chi connectivity index (χ1) is 12.9. The Morgan fingerprint density at radius 2 is 1.26 bits per heavy atom. The summed E-state index contributed by atoms with van der Waals surface area (Å²) in [6.45, 7) is 1.58. The van der Waals surface area contributed by atoms with Crippen LogP contribution in [0.15, 0.2) is 18.2 Å². The first-order valence-electron chi connectivity index (χ1n) is 7.95. The summed E-state index contributed by atoms with van der Waals surface area (Å²) in [5.74, 6) is -1.95. The Balaban J connectivity index is 2.36. The lowest BCUT2D eigenvalue weighted by Crippen LogP contribution is -2.19. The summed E-state index contributed by atoms with van der Waals surface area (Å²) < 4.78 is 0. The summed E-state index contributed by atoms with van der Waals surface area (Å²) >= 11 is 0. The van der Waals surface area contributed by atoms with Crippen molar-refractivity contribution in [2.24, 2.45) is 11.5 Å². The van der Waals surface area contributed by atoms with E-state index in [1.165, 1.54) is 12.1 Å². The molecule has 0 aliphatic heterocycles. The fourth-order valence-corrected chi connectivity index (χ4v) is 2.03. The molecule has 1 heterocycles. The van der Waals surface area contributed by atoms with E-state index in [0.29, 0.717) is 26.2 Å². The predicted molar refractivity (Wildman–Crippen MR) is 98.6 cm³/mol. The minimum atomic E-state index is -1.26. The van der Waals surface area contributed by atoms with Gasteiger partial charge in [0.05, 0.1) is 11.1 Å². The number of rotatable bonds is 10. The number of hydrogen-bond donors (Lipinski definition) is 7. The van der Waals surface area contributed by atoms with E-state index in [-0.39, 0.29) is 34.7 Å². The largest absolute Gasteiger partial charge is 0.478 e. The molecule has 0 saturated carbocycles. The summed E-state index contributed by atoms with van der Waals surface area (Å²) in [7, 11) is 0. The van der Waals surface area contributed by atoms with Gasteiger partial charge in [-0.3, -0.25) is 0 Å². The van der Waals surface area contributed by atoms with Crippen molar-refractivity contribution in [3.63, 3.8) is 0 Å². The summed E-state index contributed by atoms with van der Waals surface area (Å²) in [6, 6.07) is 3.61. The lowest BCUT2D eigenvalue weighted by Gasteiger charge is -2.11. The maximum absolute atomic E-state index is 11.2. The molecule has 144 valence electrons. The number of carboxylic acid groups (broad SMARTS) is 2.